The van der Waals surface area contributed by atoms with Crippen molar-refractivity contribution < 1.29 is 60.5 Å². The molecule has 0 bridgehead atoms. The molecule has 2 aromatic rings. The Morgan fingerprint density at radius 2 is 1.43 bits per heavy atom. The Kier molecular flexibility index (Phi) is 7.28. The second kappa shape index (κ2) is 10.5. The molecule has 6 rings (SSSR count). The predicted molar refractivity (Wildman–Crippen MR) is 149 cm³/mol. The number of benzene rings is 2. The molecule has 3 fully saturated rings. The first-order chi connectivity index (χ1) is 22.0. The number of fused-ring (bicyclic) bond motifs is 4. The van der Waals surface area contributed by atoms with E-state index in [4.69, 9.17) is 38.4 Å². The van der Waals surface area contributed by atoms with Crippen LogP contribution in [0.1, 0.15) is 24.3 Å². The van der Waals surface area contributed by atoms with E-state index in [-0.39, 0.29) is 38.9 Å². The lowest BCUT2D eigenvalue weighted by Crippen LogP contribution is -2.60. The molecule has 6 atom stereocenters. The van der Waals surface area contributed by atoms with E-state index in [0.717, 1.165) is 26.4 Å². The normalized spacial score (nSPS) is 29.9. The number of allylic oxidation sites excluding steroid dienone is 2. The number of ether oxygens (including phenoxy) is 2. The first-order valence-electron chi connectivity index (χ1n) is 13.6. The van der Waals surface area contributed by atoms with Gasteiger partial charge in [0.25, 0.3) is 11.8 Å². The maximum atomic E-state index is 15.1. The Bertz CT molecular complexity index is 1840. The smallest absolute Gasteiger partial charge is 0.328 e. The first kappa shape index (κ1) is 32.5. The molecule has 0 spiro atoms. The maximum absolute atomic E-state index is 15.1. The van der Waals surface area contributed by atoms with Crippen molar-refractivity contribution in [2.24, 2.45) is 23.5 Å². The Morgan fingerprint density at radius 1 is 0.894 bits per heavy atom. The number of imide groups is 4. The van der Waals surface area contributed by atoms with Crippen molar-refractivity contribution in [2.45, 2.75) is 28.5 Å². The molecule has 2 aromatic carbocycles. The summed E-state index contributed by atoms with van der Waals surface area (Å²) in [5.41, 5.74) is 3.37. The van der Waals surface area contributed by atoms with E-state index in [1.807, 2.05) is 0 Å². The lowest BCUT2D eigenvalue weighted by atomic mass is 9.56. The molecule has 6 unspecified atom stereocenters. The number of urea groups is 1. The van der Waals surface area contributed by atoms with Crippen LogP contribution in [-0.4, -0.2) is 63.6 Å². The van der Waals surface area contributed by atoms with E-state index in [1.165, 1.54) is 6.08 Å². The molecule has 11 nitrogen and oxygen atoms in total. The SMILES string of the molecule is COc1cc(C2C3=CCC4C(=O)N(C(N)=O)C(=O)C4C3CC3(Cl)C(=O)N(c4c(F)c(F)c(F)c(F)c4F)C(=O)C23Cl)cc(OC)c1O. The fourth-order valence-corrected chi connectivity index (χ4v) is 8.17. The Balaban J connectivity index is 1.64. The van der Waals surface area contributed by atoms with Crippen LogP contribution < -0.4 is 20.1 Å². The highest BCUT2D eigenvalue weighted by Gasteiger charge is 2.77. The summed E-state index contributed by atoms with van der Waals surface area (Å²) in [6.07, 6.45) is 0.423. The van der Waals surface area contributed by atoms with Gasteiger partial charge in [-0.15, -0.1) is 23.2 Å². The standard InChI is InChI=1S/C29H20Cl2F5N3O8/c1-46-12-5-8(6-13(47-2)22(12)40)15-9-3-4-10-14(24(42)39(23(10)41)27(37)45)11(9)7-28(30)25(43)38(26(44)29(15,28)31)21-19(35)17(33)16(32)18(34)20(21)36/h3,5-6,10-11,14-15,40H,4,7H2,1-2H3,(H2,37,45). The number of alkyl halides is 2. The highest BCUT2D eigenvalue weighted by atomic mass is 35.5. The monoisotopic (exact) mass is 703 g/mol. The van der Waals surface area contributed by atoms with Gasteiger partial charge in [0, 0.05) is 5.92 Å². The van der Waals surface area contributed by atoms with Crippen LogP contribution in [-0.2, 0) is 19.2 Å². The topological polar surface area (TPSA) is 157 Å². The summed E-state index contributed by atoms with van der Waals surface area (Å²) < 4.78 is 83.3. The van der Waals surface area contributed by atoms with Gasteiger partial charge in [0.15, 0.2) is 44.5 Å². The largest absolute Gasteiger partial charge is 0.502 e. The summed E-state index contributed by atoms with van der Waals surface area (Å²) in [5, 5.41) is 10.6. The second-order valence-electron chi connectivity index (χ2n) is 11.3. The summed E-state index contributed by atoms with van der Waals surface area (Å²) in [4.78, 5) is 61.3. The Hall–Kier alpha value is -4.44. The van der Waals surface area contributed by atoms with Gasteiger partial charge in [-0.05, 0) is 36.5 Å². The lowest BCUT2D eigenvalue weighted by molar-refractivity contribution is -0.136. The molecule has 248 valence electrons. The summed E-state index contributed by atoms with van der Waals surface area (Å²) in [7, 11) is 2.32. The van der Waals surface area contributed by atoms with Gasteiger partial charge >= 0.3 is 6.03 Å². The molecule has 2 heterocycles. The highest BCUT2D eigenvalue weighted by Crippen LogP contribution is 2.66. The van der Waals surface area contributed by atoms with Crippen molar-refractivity contribution >= 4 is 58.5 Å². The number of halogens is 7. The second-order valence-corrected chi connectivity index (χ2v) is 12.6. The molecule has 3 N–H and O–H groups in total. The number of aromatic hydroxyl groups is 1. The molecule has 0 aromatic heterocycles. The number of hydrogen-bond donors (Lipinski definition) is 2. The number of hydrogen-bond acceptors (Lipinski definition) is 8. The summed E-state index contributed by atoms with van der Waals surface area (Å²) in [6, 6.07) is 0.943. The molecule has 2 saturated heterocycles. The van der Waals surface area contributed by atoms with E-state index < -0.39 is 110 Å². The fourth-order valence-electron chi connectivity index (χ4n) is 7.24. The number of amides is 6. The van der Waals surface area contributed by atoms with E-state index in [9.17, 15) is 42.3 Å². The summed E-state index contributed by atoms with van der Waals surface area (Å²) in [6.45, 7) is 0. The predicted octanol–water partition coefficient (Wildman–Crippen LogP) is 3.75. The number of carbonyl (C=O) groups is 5. The summed E-state index contributed by atoms with van der Waals surface area (Å²) in [5.74, 6) is -24.5. The zero-order valence-electron chi connectivity index (χ0n) is 23.9. The molecular weight excluding hydrogens is 684 g/mol. The van der Waals surface area contributed by atoms with Crippen molar-refractivity contribution in [3.63, 3.8) is 0 Å². The van der Waals surface area contributed by atoms with Crippen LogP contribution in [0.3, 0.4) is 0 Å². The van der Waals surface area contributed by atoms with Crippen molar-refractivity contribution in [3.05, 3.63) is 58.4 Å². The van der Waals surface area contributed by atoms with Crippen LogP contribution in [0, 0.1) is 46.8 Å². The summed E-state index contributed by atoms with van der Waals surface area (Å²) >= 11 is 14.0. The van der Waals surface area contributed by atoms with Crippen LogP contribution in [0.15, 0.2) is 23.8 Å². The fraction of sp³-hybridized carbons (Fsp3) is 0.345. The molecule has 2 aliphatic heterocycles. The van der Waals surface area contributed by atoms with Crippen LogP contribution >= 0.6 is 23.2 Å². The van der Waals surface area contributed by atoms with Crippen LogP contribution in [0.25, 0.3) is 0 Å². The van der Waals surface area contributed by atoms with Gasteiger partial charge in [0.1, 0.15) is 5.69 Å². The number of nitrogens with two attached hydrogens (primary N) is 1. The molecule has 47 heavy (non-hydrogen) atoms. The van der Waals surface area contributed by atoms with E-state index in [2.05, 4.69) is 0 Å². The van der Waals surface area contributed by atoms with Crippen molar-refractivity contribution in [1.29, 1.82) is 0 Å². The molecular formula is C29H20Cl2F5N3O8. The van der Waals surface area contributed by atoms with Gasteiger partial charge in [-0.25, -0.2) is 31.6 Å². The van der Waals surface area contributed by atoms with Crippen LogP contribution in [0.2, 0.25) is 0 Å². The number of primary amides is 1. The van der Waals surface area contributed by atoms with Gasteiger partial charge in [-0.2, -0.15) is 4.90 Å². The lowest BCUT2D eigenvalue weighted by Gasteiger charge is -2.50. The molecule has 18 heteroatoms. The molecule has 1 saturated carbocycles. The molecule has 6 amide bonds. The zero-order valence-corrected chi connectivity index (χ0v) is 25.4. The van der Waals surface area contributed by atoms with Gasteiger partial charge in [-0.1, -0.05) is 11.6 Å². The molecule has 2 aliphatic carbocycles. The van der Waals surface area contributed by atoms with E-state index in [0.29, 0.717) is 0 Å². The van der Waals surface area contributed by atoms with E-state index in [1.54, 1.807) is 0 Å². The van der Waals surface area contributed by atoms with Crippen molar-refractivity contribution in [2.75, 3.05) is 19.1 Å². The van der Waals surface area contributed by atoms with Crippen molar-refractivity contribution in [1.82, 2.24) is 4.90 Å². The Labute approximate surface area is 270 Å². The van der Waals surface area contributed by atoms with Crippen LogP contribution in [0.4, 0.5) is 32.4 Å². The quantitative estimate of drug-likeness (QED) is 0.122. The third kappa shape index (κ3) is 3.94. The highest BCUT2D eigenvalue weighted by molar-refractivity contribution is 6.58. The van der Waals surface area contributed by atoms with E-state index >= 15 is 8.78 Å². The third-order valence-corrected chi connectivity index (χ3v) is 10.7. The first-order valence-corrected chi connectivity index (χ1v) is 14.3. The number of phenols is 1. The number of anilines is 1. The minimum atomic E-state index is -2.82. The minimum absolute atomic E-state index is 0.0742. The third-order valence-electron chi connectivity index (χ3n) is 9.28. The van der Waals surface area contributed by atoms with Gasteiger partial charge in [0.2, 0.25) is 23.4 Å². The number of carbonyl (C=O) groups excluding carboxylic acids is 5. The van der Waals surface area contributed by atoms with Gasteiger partial charge < -0.3 is 20.3 Å². The number of phenolic OH excluding ortho intramolecular Hbond substituents is 1. The van der Waals surface area contributed by atoms with Gasteiger partial charge in [0.05, 0.1) is 26.1 Å². The number of rotatable bonds is 4. The number of likely N-dealkylation sites (tertiary alicyclic amines) is 1. The van der Waals surface area contributed by atoms with Gasteiger partial charge in [-0.3, -0.25) is 19.2 Å². The Morgan fingerprint density at radius 3 is 1.94 bits per heavy atom. The average Bonchev–Trinajstić information content (AvgIpc) is 3.37. The number of methoxy groups -OCH3 is 2. The molecule has 0 radical (unpaired) electrons. The maximum Gasteiger partial charge on any atom is 0.328 e. The minimum Gasteiger partial charge on any atom is -0.502 e. The van der Waals surface area contributed by atoms with Crippen molar-refractivity contribution in [3.8, 4) is 17.2 Å². The number of nitrogens with zero attached hydrogens (tertiary/aromatic N) is 2. The average molecular weight is 704 g/mol. The molecule has 4 aliphatic rings. The zero-order chi connectivity index (χ0) is 34.7. The van der Waals surface area contributed by atoms with Crippen LogP contribution in [0.5, 0.6) is 17.2 Å².